The van der Waals surface area contributed by atoms with E-state index < -0.39 is 0 Å². The average Bonchev–Trinajstić information content (AvgIpc) is 2.96. The summed E-state index contributed by atoms with van der Waals surface area (Å²) in [4.78, 5) is 11.4. The van der Waals surface area contributed by atoms with Crippen LogP contribution in [0.1, 0.15) is 50.6 Å². The van der Waals surface area contributed by atoms with Crippen molar-refractivity contribution in [2.75, 3.05) is 18.1 Å². The molecular weight excluding hydrogens is 316 g/mol. The van der Waals surface area contributed by atoms with E-state index >= 15 is 0 Å². The van der Waals surface area contributed by atoms with Crippen LogP contribution in [-0.4, -0.2) is 38.9 Å². The van der Waals surface area contributed by atoms with E-state index in [2.05, 4.69) is 20.0 Å². The van der Waals surface area contributed by atoms with Crippen molar-refractivity contribution in [2.24, 2.45) is 17.8 Å². The lowest BCUT2D eigenvalue weighted by Crippen LogP contribution is -2.60. The third kappa shape index (κ3) is 2.37. The summed E-state index contributed by atoms with van der Waals surface area (Å²) >= 11 is 0. The largest absolute Gasteiger partial charge is 0.396 e. The van der Waals surface area contributed by atoms with Gasteiger partial charge in [-0.15, -0.1) is 0 Å². The summed E-state index contributed by atoms with van der Waals surface area (Å²) in [5.74, 6) is 3.55. The van der Waals surface area contributed by atoms with Crippen molar-refractivity contribution in [1.82, 2.24) is 15.1 Å². The highest BCUT2D eigenvalue weighted by Gasteiger charge is 2.54. The lowest BCUT2D eigenvalue weighted by Gasteiger charge is -2.61. The minimum absolute atomic E-state index is 0.189. The maximum absolute atomic E-state index is 9.48. The van der Waals surface area contributed by atoms with Gasteiger partial charge in [0, 0.05) is 18.7 Å². The van der Waals surface area contributed by atoms with Crippen LogP contribution >= 0.6 is 0 Å². The summed E-state index contributed by atoms with van der Waals surface area (Å²) in [5.41, 5.74) is 1.61. The summed E-state index contributed by atoms with van der Waals surface area (Å²) in [6, 6.07) is 0. The van der Waals surface area contributed by atoms with Crippen LogP contribution < -0.4 is 4.90 Å². The molecule has 134 valence electrons. The van der Waals surface area contributed by atoms with E-state index in [1.165, 1.54) is 38.5 Å². The Morgan fingerprint density at radius 2 is 1.84 bits per heavy atom. The molecule has 0 spiro atoms. The van der Waals surface area contributed by atoms with Gasteiger partial charge in [0.25, 0.3) is 5.71 Å². The second-order valence-corrected chi connectivity index (χ2v) is 8.52. The van der Waals surface area contributed by atoms with Crippen molar-refractivity contribution in [1.29, 1.82) is 0 Å². The molecule has 0 atom stereocenters. The number of aromatic nitrogens is 3. The van der Waals surface area contributed by atoms with Crippen molar-refractivity contribution < 1.29 is 9.63 Å². The molecule has 0 amide bonds. The third-order valence-corrected chi connectivity index (χ3v) is 6.80. The zero-order valence-corrected chi connectivity index (χ0v) is 14.8. The van der Waals surface area contributed by atoms with Gasteiger partial charge >= 0.3 is 0 Å². The van der Waals surface area contributed by atoms with E-state index in [4.69, 9.17) is 4.52 Å². The van der Waals surface area contributed by atoms with Gasteiger partial charge in [-0.05, 0) is 69.6 Å². The predicted molar refractivity (Wildman–Crippen MR) is 94.3 cm³/mol. The Kier molecular flexibility index (Phi) is 3.52. The molecule has 25 heavy (non-hydrogen) atoms. The quantitative estimate of drug-likeness (QED) is 0.900. The number of aryl methyl sites for hydroxylation is 1. The second kappa shape index (κ2) is 5.66. The zero-order chi connectivity index (χ0) is 17.0. The maximum Gasteiger partial charge on any atom is 0.263 e. The molecule has 4 saturated carbocycles. The topological polar surface area (TPSA) is 75.3 Å². The molecule has 6 heteroatoms. The first-order chi connectivity index (χ1) is 12.2. The Labute approximate surface area is 147 Å². The first kappa shape index (κ1) is 15.6. The molecule has 6 rings (SSSR count). The van der Waals surface area contributed by atoms with Gasteiger partial charge < -0.3 is 14.5 Å². The Morgan fingerprint density at radius 3 is 2.48 bits per heavy atom. The third-order valence-electron chi connectivity index (χ3n) is 6.80. The van der Waals surface area contributed by atoms with E-state index in [1.807, 2.05) is 6.92 Å². The van der Waals surface area contributed by atoms with Gasteiger partial charge in [0.1, 0.15) is 17.5 Å². The molecule has 4 aliphatic carbocycles. The van der Waals surface area contributed by atoms with Gasteiger partial charge in [0.15, 0.2) is 0 Å². The Morgan fingerprint density at radius 1 is 1.16 bits per heavy atom. The molecule has 0 aliphatic heterocycles. The normalized spacial score (nSPS) is 33.3. The van der Waals surface area contributed by atoms with E-state index in [0.29, 0.717) is 5.71 Å². The molecule has 0 unspecified atom stereocenters. The fourth-order valence-corrected chi connectivity index (χ4v) is 6.30. The highest BCUT2D eigenvalue weighted by atomic mass is 16.5. The van der Waals surface area contributed by atoms with Crippen molar-refractivity contribution in [3.8, 4) is 0 Å². The lowest BCUT2D eigenvalue weighted by atomic mass is 9.52. The monoisotopic (exact) mass is 342 g/mol. The summed E-state index contributed by atoms with van der Waals surface area (Å²) in [6.07, 6.45) is 10.4. The van der Waals surface area contributed by atoms with Gasteiger partial charge in [-0.3, -0.25) is 0 Å². The standard InChI is InChI=1S/C19H26N4O2/c1-12-16-17(20-11-21-18(16)25-22-12)23(3-2-4-24)19-8-13-5-14(9-19)7-15(6-13)10-19/h11,13-15,24H,2-10H2,1H3. The lowest BCUT2D eigenvalue weighted by molar-refractivity contribution is -0.00492. The average molecular weight is 342 g/mol. The summed E-state index contributed by atoms with van der Waals surface area (Å²) in [6.45, 7) is 3.00. The molecule has 4 bridgehead atoms. The van der Waals surface area contributed by atoms with Gasteiger partial charge in [-0.1, -0.05) is 5.16 Å². The van der Waals surface area contributed by atoms with Crippen LogP contribution in [-0.2, 0) is 0 Å². The van der Waals surface area contributed by atoms with Crippen molar-refractivity contribution in [3.05, 3.63) is 12.0 Å². The number of anilines is 1. The van der Waals surface area contributed by atoms with Crippen molar-refractivity contribution in [2.45, 2.75) is 57.4 Å². The molecular formula is C19H26N4O2. The van der Waals surface area contributed by atoms with E-state index in [0.717, 1.165) is 47.6 Å². The number of hydrogen-bond donors (Lipinski definition) is 1. The number of aliphatic hydroxyl groups is 1. The number of hydrogen-bond acceptors (Lipinski definition) is 6. The van der Waals surface area contributed by atoms with Crippen LogP contribution in [0.3, 0.4) is 0 Å². The number of nitrogens with zero attached hydrogens (tertiary/aromatic N) is 4. The van der Waals surface area contributed by atoms with Crippen LogP contribution in [0.15, 0.2) is 10.9 Å². The van der Waals surface area contributed by atoms with Gasteiger partial charge in [0.05, 0.1) is 5.69 Å². The van der Waals surface area contributed by atoms with Crippen molar-refractivity contribution >= 4 is 16.9 Å². The number of aliphatic hydroxyl groups excluding tert-OH is 1. The van der Waals surface area contributed by atoms with Gasteiger partial charge in [-0.2, -0.15) is 4.98 Å². The summed E-state index contributed by atoms with van der Waals surface area (Å²) in [5, 5.41) is 14.5. The van der Waals surface area contributed by atoms with Crippen LogP contribution in [0.4, 0.5) is 5.82 Å². The molecule has 0 radical (unpaired) electrons. The van der Waals surface area contributed by atoms with E-state index in [-0.39, 0.29) is 12.1 Å². The minimum Gasteiger partial charge on any atom is -0.396 e. The highest BCUT2D eigenvalue weighted by molar-refractivity contribution is 5.88. The van der Waals surface area contributed by atoms with E-state index in [9.17, 15) is 5.11 Å². The first-order valence-electron chi connectivity index (χ1n) is 9.64. The molecule has 0 saturated heterocycles. The summed E-state index contributed by atoms with van der Waals surface area (Å²) < 4.78 is 5.39. The number of rotatable bonds is 5. The fraction of sp³-hybridized carbons (Fsp3) is 0.737. The zero-order valence-electron chi connectivity index (χ0n) is 14.8. The molecule has 2 heterocycles. The van der Waals surface area contributed by atoms with Gasteiger partial charge in [0.2, 0.25) is 0 Å². The smallest absolute Gasteiger partial charge is 0.263 e. The molecule has 0 aromatic carbocycles. The molecule has 6 nitrogen and oxygen atoms in total. The van der Waals surface area contributed by atoms with E-state index in [1.54, 1.807) is 6.33 Å². The highest BCUT2D eigenvalue weighted by Crippen LogP contribution is 2.58. The molecule has 1 N–H and O–H groups in total. The van der Waals surface area contributed by atoms with Gasteiger partial charge in [-0.25, -0.2) is 4.98 Å². The van der Waals surface area contributed by atoms with Crippen LogP contribution in [0.25, 0.3) is 11.1 Å². The first-order valence-corrected chi connectivity index (χ1v) is 9.64. The van der Waals surface area contributed by atoms with Crippen molar-refractivity contribution in [3.63, 3.8) is 0 Å². The molecule has 4 aliphatic rings. The minimum atomic E-state index is 0.189. The Balaban J connectivity index is 1.61. The Bertz CT molecular complexity index is 752. The molecule has 2 aromatic rings. The van der Waals surface area contributed by atoms with Crippen LogP contribution in [0, 0.1) is 24.7 Å². The Hall–Kier alpha value is -1.69. The molecule has 2 aromatic heterocycles. The SMILES string of the molecule is Cc1noc2ncnc(N(CCCO)C34CC5CC(CC(C5)C3)C4)c12. The summed E-state index contributed by atoms with van der Waals surface area (Å²) in [7, 11) is 0. The predicted octanol–water partition coefficient (Wildman–Crippen LogP) is 3.08. The maximum atomic E-state index is 9.48. The fourth-order valence-electron chi connectivity index (χ4n) is 6.30. The number of fused-ring (bicyclic) bond motifs is 1. The second-order valence-electron chi connectivity index (χ2n) is 8.52. The van der Waals surface area contributed by atoms with Crippen LogP contribution in [0.2, 0.25) is 0 Å². The van der Waals surface area contributed by atoms with Crippen LogP contribution in [0.5, 0.6) is 0 Å². The molecule has 4 fully saturated rings.